The molecule has 0 saturated carbocycles. The monoisotopic (exact) mass is 579 g/mol. The molecule has 1 unspecified atom stereocenters. The van der Waals surface area contributed by atoms with Crippen LogP contribution in [0.4, 0.5) is 0 Å². The van der Waals surface area contributed by atoms with E-state index in [2.05, 4.69) is 12.1 Å². The van der Waals surface area contributed by atoms with Crippen molar-refractivity contribution in [2.45, 2.75) is 39.3 Å². The first-order valence-corrected chi connectivity index (χ1v) is 14.6. The molecule has 0 saturated heterocycles. The quantitative estimate of drug-likeness (QED) is 0.168. The van der Waals surface area contributed by atoms with Crippen LogP contribution in [0.25, 0.3) is 16.6 Å². The lowest BCUT2D eigenvalue weighted by Gasteiger charge is -2.32. The molecular weight excluding hydrogens is 546 g/mol. The van der Waals surface area contributed by atoms with E-state index in [1.807, 2.05) is 97.6 Å². The smallest absolute Gasteiger partial charge is 0.266 e. The molecule has 0 aliphatic carbocycles. The molecule has 0 radical (unpaired) electrons. The molecule has 1 amide bonds. The van der Waals surface area contributed by atoms with E-state index in [4.69, 9.17) is 21.3 Å². The molecule has 5 aromatic rings. The molecule has 7 heteroatoms. The summed E-state index contributed by atoms with van der Waals surface area (Å²) >= 11 is 6.28. The number of rotatable bonds is 11. The summed E-state index contributed by atoms with van der Waals surface area (Å²) < 4.78 is 7.54. The molecule has 0 aliphatic heterocycles. The average molecular weight is 580 g/mol. The number of halogens is 1. The molecule has 5 rings (SSSR count). The lowest BCUT2D eigenvalue weighted by Crippen LogP contribution is -2.41. The lowest BCUT2D eigenvalue weighted by atomic mass is 10.1. The fourth-order valence-corrected chi connectivity index (χ4v) is 5.51. The molecular formula is C35H34ClN3O3. The number of hydrogen-bond donors (Lipinski definition) is 0. The molecule has 1 aromatic heterocycles. The van der Waals surface area contributed by atoms with Crippen molar-refractivity contribution in [1.29, 1.82) is 0 Å². The average Bonchev–Trinajstić information content (AvgIpc) is 3.01. The highest BCUT2D eigenvalue weighted by Crippen LogP contribution is 2.28. The van der Waals surface area contributed by atoms with Crippen molar-refractivity contribution in [3.05, 3.63) is 141 Å². The van der Waals surface area contributed by atoms with Crippen LogP contribution in [-0.2, 0) is 22.6 Å². The van der Waals surface area contributed by atoms with Gasteiger partial charge in [0.1, 0.15) is 12.4 Å². The maximum absolute atomic E-state index is 14.1. The zero-order chi connectivity index (χ0) is 29.5. The van der Waals surface area contributed by atoms with Crippen LogP contribution in [0.2, 0.25) is 5.02 Å². The van der Waals surface area contributed by atoms with Crippen molar-refractivity contribution in [2.24, 2.45) is 0 Å². The van der Waals surface area contributed by atoms with Crippen molar-refractivity contribution in [1.82, 2.24) is 14.5 Å². The molecule has 1 heterocycles. The lowest BCUT2D eigenvalue weighted by molar-refractivity contribution is -0.139. The van der Waals surface area contributed by atoms with Gasteiger partial charge in [-0.15, -0.1) is 0 Å². The summed E-state index contributed by atoms with van der Waals surface area (Å²) in [5.74, 6) is 0.353. The second kappa shape index (κ2) is 13.6. The third-order valence-corrected chi connectivity index (χ3v) is 7.64. The second-order valence-electron chi connectivity index (χ2n) is 10.3. The van der Waals surface area contributed by atoms with Gasteiger partial charge in [-0.1, -0.05) is 91.3 Å². The van der Waals surface area contributed by atoms with Gasteiger partial charge in [-0.3, -0.25) is 14.2 Å². The Balaban J connectivity index is 1.57. The van der Waals surface area contributed by atoms with E-state index in [1.54, 1.807) is 16.7 Å². The largest absolute Gasteiger partial charge is 0.367 e. The summed E-state index contributed by atoms with van der Waals surface area (Å²) in [6, 6.07) is 32.1. The van der Waals surface area contributed by atoms with Crippen LogP contribution in [0.1, 0.15) is 41.9 Å². The van der Waals surface area contributed by atoms with E-state index < -0.39 is 6.04 Å². The normalized spacial score (nSPS) is 11.9. The summed E-state index contributed by atoms with van der Waals surface area (Å²) in [5.41, 5.74) is 4.05. The predicted molar refractivity (Wildman–Crippen MR) is 168 cm³/mol. The van der Waals surface area contributed by atoms with Gasteiger partial charge < -0.3 is 9.64 Å². The fraction of sp³-hybridized carbons (Fsp3) is 0.229. The van der Waals surface area contributed by atoms with Gasteiger partial charge in [-0.25, -0.2) is 4.98 Å². The highest BCUT2D eigenvalue weighted by atomic mass is 35.5. The summed E-state index contributed by atoms with van der Waals surface area (Å²) in [6.07, 6.45) is 1.20. The summed E-state index contributed by atoms with van der Waals surface area (Å²) in [6.45, 7) is 4.62. The first-order chi connectivity index (χ1) is 20.5. The van der Waals surface area contributed by atoms with Gasteiger partial charge in [0.2, 0.25) is 5.91 Å². The van der Waals surface area contributed by atoms with E-state index in [0.29, 0.717) is 53.4 Å². The van der Waals surface area contributed by atoms with Crippen molar-refractivity contribution in [3.63, 3.8) is 0 Å². The van der Waals surface area contributed by atoms with Crippen LogP contribution in [0, 0.1) is 6.92 Å². The Kier molecular flexibility index (Phi) is 9.47. The number of ether oxygens (including phenoxy) is 1. The van der Waals surface area contributed by atoms with E-state index >= 15 is 0 Å². The highest BCUT2D eigenvalue weighted by molar-refractivity contribution is 6.30. The number of carbonyl (C=O) groups excluding carboxylic acids is 1. The Morgan fingerprint density at radius 1 is 0.929 bits per heavy atom. The molecule has 0 spiro atoms. The first kappa shape index (κ1) is 29.2. The van der Waals surface area contributed by atoms with Gasteiger partial charge in [-0.05, 0) is 66.8 Å². The van der Waals surface area contributed by atoms with Gasteiger partial charge in [0.25, 0.3) is 5.56 Å². The van der Waals surface area contributed by atoms with Crippen LogP contribution in [-0.4, -0.2) is 33.5 Å². The Hall–Kier alpha value is -4.26. The Morgan fingerprint density at radius 3 is 2.29 bits per heavy atom. The molecule has 0 aliphatic rings. The van der Waals surface area contributed by atoms with Crippen LogP contribution < -0.4 is 5.56 Å². The van der Waals surface area contributed by atoms with Crippen molar-refractivity contribution >= 4 is 28.4 Å². The predicted octanol–water partition coefficient (Wildman–Crippen LogP) is 7.09. The van der Waals surface area contributed by atoms with E-state index in [-0.39, 0.29) is 18.1 Å². The summed E-state index contributed by atoms with van der Waals surface area (Å²) in [5, 5.41) is 1.10. The van der Waals surface area contributed by atoms with E-state index in [9.17, 15) is 9.59 Å². The zero-order valence-corrected chi connectivity index (χ0v) is 24.6. The van der Waals surface area contributed by atoms with Gasteiger partial charge in [0.15, 0.2) is 0 Å². The third kappa shape index (κ3) is 6.62. The Bertz CT molecular complexity index is 1720. The number of aromatic nitrogens is 2. The van der Waals surface area contributed by atoms with Crippen LogP contribution in [0.5, 0.6) is 0 Å². The van der Waals surface area contributed by atoms with Crippen molar-refractivity contribution in [2.75, 3.05) is 13.2 Å². The van der Waals surface area contributed by atoms with Crippen LogP contribution in [0.15, 0.2) is 108 Å². The number of para-hydroxylation sites is 1. The number of amides is 1. The molecule has 0 N–H and O–H groups in total. The molecule has 6 nitrogen and oxygen atoms in total. The first-order valence-electron chi connectivity index (χ1n) is 14.2. The minimum absolute atomic E-state index is 0.0853. The number of hydrogen-bond acceptors (Lipinski definition) is 4. The number of nitrogens with zero attached hydrogens (tertiary/aromatic N) is 3. The Morgan fingerprint density at radius 2 is 1.60 bits per heavy atom. The SMILES string of the molecule is CCC(c1nc2ccccc2c(=O)n1-c1ccc(Cl)cc1C)N(CCc1ccccc1)C(=O)COCc1ccccc1. The maximum Gasteiger partial charge on any atom is 0.266 e. The van der Waals surface area contributed by atoms with E-state index in [1.165, 1.54) is 0 Å². The topological polar surface area (TPSA) is 64.4 Å². The second-order valence-corrected chi connectivity index (χ2v) is 10.7. The number of benzene rings is 4. The minimum atomic E-state index is -0.478. The molecule has 0 bridgehead atoms. The number of carbonyl (C=O) groups is 1. The van der Waals surface area contributed by atoms with Gasteiger partial charge in [-0.2, -0.15) is 0 Å². The van der Waals surface area contributed by atoms with Gasteiger partial charge in [0, 0.05) is 11.6 Å². The minimum Gasteiger partial charge on any atom is -0.367 e. The van der Waals surface area contributed by atoms with Crippen molar-refractivity contribution in [3.8, 4) is 5.69 Å². The molecule has 42 heavy (non-hydrogen) atoms. The van der Waals surface area contributed by atoms with Gasteiger partial charge in [0.05, 0.1) is 29.2 Å². The van der Waals surface area contributed by atoms with Crippen LogP contribution >= 0.6 is 11.6 Å². The van der Waals surface area contributed by atoms with E-state index in [0.717, 1.165) is 16.7 Å². The highest BCUT2D eigenvalue weighted by Gasteiger charge is 2.29. The van der Waals surface area contributed by atoms with Crippen LogP contribution in [0.3, 0.4) is 0 Å². The van der Waals surface area contributed by atoms with Gasteiger partial charge >= 0.3 is 0 Å². The third-order valence-electron chi connectivity index (χ3n) is 7.40. The molecule has 4 aromatic carbocycles. The molecule has 214 valence electrons. The maximum atomic E-state index is 14.1. The van der Waals surface area contributed by atoms with Crippen molar-refractivity contribution < 1.29 is 9.53 Å². The summed E-state index contributed by atoms with van der Waals surface area (Å²) in [7, 11) is 0. The zero-order valence-electron chi connectivity index (χ0n) is 23.9. The Labute approximate surface area is 251 Å². The summed E-state index contributed by atoms with van der Waals surface area (Å²) in [4.78, 5) is 34.8. The number of fused-ring (bicyclic) bond motifs is 1. The molecule has 0 fully saturated rings. The fourth-order valence-electron chi connectivity index (χ4n) is 5.28. The number of aryl methyl sites for hydroxylation is 1. The standard InChI is InChI=1S/C35H34ClN3O3/c1-3-31(34-37-30-17-11-10-16-29(30)35(41)39(34)32-19-18-28(36)22-25(32)2)38(21-20-26-12-6-4-7-13-26)33(40)24-42-23-27-14-8-5-9-15-27/h4-19,22,31H,3,20-21,23-24H2,1-2H3. The molecule has 1 atom stereocenters.